The van der Waals surface area contributed by atoms with E-state index in [2.05, 4.69) is 5.32 Å². The number of anilines is 1. The quantitative estimate of drug-likeness (QED) is 0.501. The maximum Gasteiger partial charge on any atom is 0.328 e. The number of nitrogens with one attached hydrogen (secondary N) is 1. The number of methoxy groups -OCH3 is 1. The van der Waals surface area contributed by atoms with E-state index in [1.54, 1.807) is 0 Å². The lowest BCUT2D eigenvalue weighted by Gasteiger charge is -2.26. The average molecular weight is 437 g/mol. The summed E-state index contributed by atoms with van der Waals surface area (Å²) in [5, 5.41) is 2.36. The second kappa shape index (κ2) is 9.81. The summed E-state index contributed by atoms with van der Waals surface area (Å²) < 4.78 is 30.4. The third kappa shape index (κ3) is 5.14. The van der Waals surface area contributed by atoms with Crippen LogP contribution in [-0.2, 0) is 19.4 Å². The maximum atomic E-state index is 12.8. The minimum atomic E-state index is -3.45. The molecule has 1 amide bonds. The lowest BCUT2D eigenvalue weighted by atomic mass is 9.84. The minimum Gasteiger partial charge on any atom is -0.467 e. The van der Waals surface area contributed by atoms with Crippen LogP contribution in [0.15, 0.2) is 23.1 Å². The predicted octanol–water partition coefficient (Wildman–Crippen LogP) is 3.23. The summed E-state index contributed by atoms with van der Waals surface area (Å²) in [6.07, 6.45) is 9.24. The standard InChI is InChI=1S/C22H32N2O5S/c1-29-22(26)20(13-15-7-3-2-4-8-15)24-21(25)18-12-11-17(14-19(18)23)30(27,28)16-9-5-6-10-16/h11-12,14-16,20H,2-10,13,23H2,1H3,(H,24,25). The highest BCUT2D eigenvalue weighted by Gasteiger charge is 2.31. The van der Waals surface area contributed by atoms with Crippen molar-refractivity contribution in [2.75, 3.05) is 12.8 Å². The van der Waals surface area contributed by atoms with Crippen LogP contribution in [0.25, 0.3) is 0 Å². The Balaban J connectivity index is 1.73. The van der Waals surface area contributed by atoms with Crippen molar-refractivity contribution in [1.29, 1.82) is 0 Å². The van der Waals surface area contributed by atoms with Crippen molar-refractivity contribution in [3.63, 3.8) is 0 Å². The molecule has 7 nitrogen and oxygen atoms in total. The summed E-state index contributed by atoms with van der Waals surface area (Å²) in [4.78, 5) is 25.2. The van der Waals surface area contributed by atoms with Crippen LogP contribution >= 0.6 is 0 Å². The van der Waals surface area contributed by atoms with Crippen LogP contribution in [0.3, 0.4) is 0 Å². The normalized spacial score (nSPS) is 19.4. The first-order valence-electron chi connectivity index (χ1n) is 10.8. The van der Waals surface area contributed by atoms with Crippen molar-refractivity contribution >= 4 is 27.4 Å². The van der Waals surface area contributed by atoms with E-state index in [-0.39, 0.29) is 21.4 Å². The van der Waals surface area contributed by atoms with Crippen LogP contribution in [-0.4, -0.2) is 38.7 Å². The van der Waals surface area contributed by atoms with E-state index in [0.717, 1.165) is 38.5 Å². The van der Waals surface area contributed by atoms with E-state index in [4.69, 9.17) is 10.5 Å². The number of nitrogens with two attached hydrogens (primary N) is 1. The molecule has 1 aromatic carbocycles. The molecule has 2 fully saturated rings. The largest absolute Gasteiger partial charge is 0.467 e. The van der Waals surface area contributed by atoms with Gasteiger partial charge in [0.2, 0.25) is 0 Å². The SMILES string of the molecule is COC(=O)C(CC1CCCCC1)NC(=O)c1ccc(S(=O)(=O)C2CCCC2)cc1N. The van der Waals surface area contributed by atoms with Crippen LogP contribution in [0, 0.1) is 5.92 Å². The van der Waals surface area contributed by atoms with Crippen LogP contribution in [0.2, 0.25) is 0 Å². The molecule has 1 atom stereocenters. The summed E-state index contributed by atoms with van der Waals surface area (Å²) in [6, 6.07) is 3.48. The van der Waals surface area contributed by atoms with Crippen molar-refractivity contribution in [1.82, 2.24) is 5.32 Å². The first kappa shape index (κ1) is 22.6. The first-order chi connectivity index (χ1) is 14.3. The summed E-state index contributed by atoms with van der Waals surface area (Å²) in [6.45, 7) is 0. The van der Waals surface area contributed by atoms with Crippen molar-refractivity contribution in [3.8, 4) is 0 Å². The molecule has 166 valence electrons. The summed E-state index contributed by atoms with van der Waals surface area (Å²) in [5.74, 6) is -0.601. The molecular weight excluding hydrogens is 404 g/mol. The van der Waals surface area contributed by atoms with Gasteiger partial charge in [0.15, 0.2) is 9.84 Å². The van der Waals surface area contributed by atoms with Gasteiger partial charge in [0.25, 0.3) is 5.91 Å². The van der Waals surface area contributed by atoms with Gasteiger partial charge in [-0.3, -0.25) is 4.79 Å². The zero-order valence-corrected chi connectivity index (χ0v) is 18.4. The molecule has 3 N–H and O–H groups in total. The Bertz CT molecular complexity index is 872. The lowest BCUT2D eigenvalue weighted by molar-refractivity contribution is -0.143. The maximum absolute atomic E-state index is 12.8. The molecule has 0 aromatic heterocycles. The van der Waals surface area contributed by atoms with Crippen molar-refractivity contribution in [3.05, 3.63) is 23.8 Å². The van der Waals surface area contributed by atoms with Gasteiger partial charge in [0, 0.05) is 5.69 Å². The predicted molar refractivity (Wildman–Crippen MR) is 115 cm³/mol. The lowest BCUT2D eigenvalue weighted by Crippen LogP contribution is -2.43. The Kier molecular flexibility index (Phi) is 7.39. The Labute approximate surface area is 178 Å². The molecule has 0 aliphatic heterocycles. The number of amides is 1. The van der Waals surface area contributed by atoms with E-state index in [0.29, 0.717) is 25.2 Å². The third-order valence-corrected chi connectivity index (χ3v) is 8.68. The topological polar surface area (TPSA) is 116 Å². The summed E-state index contributed by atoms with van der Waals surface area (Å²) in [7, 11) is -2.14. The molecule has 0 saturated heterocycles. The monoisotopic (exact) mass is 436 g/mol. The molecule has 2 saturated carbocycles. The fraction of sp³-hybridized carbons (Fsp3) is 0.636. The highest BCUT2D eigenvalue weighted by Crippen LogP contribution is 2.31. The summed E-state index contributed by atoms with van der Waals surface area (Å²) in [5.41, 5.74) is 6.30. The van der Waals surface area contributed by atoms with Crippen molar-refractivity contribution < 1.29 is 22.7 Å². The number of rotatable bonds is 7. The molecule has 0 heterocycles. The fourth-order valence-corrected chi connectivity index (χ4v) is 6.55. The molecule has 0 spiro atoms. The second-order valence-corrected chi connectivity index (χ2v) is 10.7. The van der Waals surface area contributed by atoms with Gasteiger partial charge in [0.1, 0.15) is 6.04 Å². The second-order valence-electron chi connectivity index (χ2n) is 8.49. The number of benzene rings is 1. The van der Waals surface area contributed by atoms with Gasteiger partial charge in [-0.1, -0.05) is 44.9 Å². The van der Waals surface area contributed by atoms with Crippen LogP contribution in [0.4, 0.5) is 5.69 Å². The van der Waals surface area contributed by atoms with Crippen LogP contribution in [0.5, 0.6) is 0 Å². The smallest absolute Gasteiger partial charge is 0.328 e. The molecule has 0 bridgehead atoms. The first-order valence-corrected chi connectivity index (χ1v) is 12.4. The number of hydrogen-bond acceptors (Lipinski definition) is 6. The van der Waals surface area contributed by atoms with Gasteiger partial charge in [-0.25, -0.2) is 13.2 Å². The highest BCUT2D eigenvalue weighted by molar-refractivity contribution is 7.92. The van der Waals surface area contributed by atoms with E-state index < -0.39 is 27.8 Å². The molecule has 1 unspecified atom stereocenters. The van der Waals surface area contributed by atoms with Gasteiger partial charge in [-0.2, -0.15) is 0 Å². The van der Waals surface area contributed by atoms with Gasteiger partial charge in [0.05, 0.1) is 22.8 Å². The number of sulfone groups is 1. The van der Waals surface area contributed by atoms with Crippen molar-refractivity contribution in [2.45, 2.75) is 80.4 Å². The van der Waals surface area contributed by atoms with E-state index in [9.17, 15) is 18.0 Å². The Hall–Kier alpha value is -2.09. The summed E-state index contributed by atoms with van der Waals surface area (Å²) >= 11 is 0. The molecule has 8 heteroatoms. The molecular formula is C22H32N2O5S. The number of hydrogen-bond donors (Lipinski definition) is 2. The zero-order valence-electron chi connectivity index (χ0n) is 17.6. The van der Waals surface area contributed by atoms with Gasteiger partial charge in [-0.15, -0.1) is 0 Å². The van der Waals surface area contributed by atoms with Crippen molar-refractivity contribution in [2.24, 2.45) is 5.92 Å². The fourth-order valence-electron chi connectivity index (χ4n) is 4.66. The van der Waals surface area contributed by atoms with Gasteiger partial charge >= 0.3 is 5.97 Å². The number of carbonyl (C=O) groups is 2. The van der Waals surface area contributed by atoms with E-state index >= 15 is 0 Å². The van der Waals surface area contributed by atoms with Crippen LogP contribution in [0.1, 0.15) is 74.6 Å². The highest BCUT2D eigenvalue weighted by atomic mass is 32.2. The van der Waals surface area contributed by atoms with E-state index in [1.165, 1.54) is 31.7 Å². The van der Waals surface area contributed by atoms with Crippen LogP contribution < -0.4 is 11.1 Å². The Morgan fingerprint density at radius 1 is 1.10 bits per heavy atom. The van der Waals surface area contributed by atoms with Gasteiger partial charge < -0.3 is 15.8 Å². The molecule has 0 radical (unpaired) electrons. The Morgan fingerprint density at radius 2 is 1.73 bits per heavy atom. The zero-order chi connectivity index (χ0) is 21.7. The molecule has 2 aliphatic rings. The van der Waals surface area contributed by atoms with E-state index in [1.807, 2.05) is 0 Å². The molecule has 2 aliphatic carbocycles. The molecule has 3 rings (SSSR count). The minimum absolute atomic E-state index is 0.0906. The Morgan fingerprint density at radius 3 is 2.33 bits per heavy atom. The number of carbonyl (C=O) groups excluding carboxylic acids is 2. The third-order valence-electron chi connectivity index (χ3n) is 6.42. The number of nitrogen functional groups attached to an aromatic ring is 1. The molecule has 30 heavy (non-hydrogen) atoms. The van der Waals surface area contributed by atoms with Gasteiger partial charge in [-0.05, 0) is 43.4 Å². The number of ether oxygens (including phenoxy) is 1. The number of esters is 1. The molecule has 1 aromatic rings. The average Bonchev–Trinajstić information content (AvgIpc) is 3.29.